The number of ketones is 1. The van der Waals surface area contributed by atoms with Gasteiger partial charge in [-0.3, -0.25) is 4.79 Å². The quantitative estimate of drug-likeness (QED) is 0.842. The molecule has 0 aliphatic heterocycles. The van der Waals surface area contributed by atoms with Crippen LogP contribution in [0.25, 0.3) is 0 Å². The van der Waals surface area contributed by atoms with Crippen molar-refractivity contribution in [1.82, 2.24) is 0 Å². The van der Waals surface area contributed by atoms with Crippen molar-refractivity contribution in [1.29, 1.82) is 0 Å². The number of nitrogens with one attached hydrogen (secondary N) is 1. The average Bonchev–Trinajstić information content (AvgIpc) is 2.22. The molecule has 0 spiro atoms. The van der Waals surface area contributed by atoms with Gasteiger partial charge < -0.3 is 10.1 Å². The van der Waals surface area contributed by atoms with Crippen molar-refractivity contribution >= 4 is 11.5 Å². The van der Waals surface area contributed by atoms with Crippen LogP contribution < -0.4 is 10.1 Å². The molecule has 0 atom stereocenters. The van der Waals surface area contributed by atoms with Crippen molar-refractivity contribution in [2.75, 3.05) is 19.0 Å². The van der Waals surface area contributed by atoms with Crippen molar-refractivity contribution in [2.24, 2.45) is 0 Å². The Labute approximate surface area is 92.4 Å². The Morgan fingerprint density at radius 3 is 2.62 bits per heavy atom. The Morgan fingerprint density at radius 1 is 1.38 bits per heavy atom. The van der Waals surface area contributed by atoms with E-state index in [4.69, 9.17) is 0 Å². The van der Waals surface area contributed by atoms with Crippen LogP contribution in [0.4, 0.5) is 14.5 Å². The Hall–Kier alpha value is -1.65. The van der Waals surface area contributed by atoms with Gasteiger partial charge in [-0.1, -0.05) is 0 Å². The molecule has 16 heavy (non-hydrogen) atoms. The van der Waals surface area contributed by atoms with E-state index in [9.17, 15) is 13.6 Å². The molecular weight excluding hydrogens is 216 g/mol. The van der Waals surface area contributed by atoms with Crippen LogP contribution in [-0.4, -0.2) is 19.4 Å². The molecule has 1 aromatic carbocycles. The molecule has 0 fully saturated rings. The van der Waals surface area contributed by atoms with E-state index in [2.05, 4.69) is 10.1 Å². The largest absolute Gasteiger partial charge is 0.494 e. The van der Waals surface area contributed by atoms with Crippen LogP contribution in [0.2, 0.25) is 0 Å². The summed E-state index contributed by atoms with van der Waals surface area (Å²) in [5.41, 5.74) is 0.0274. The third-order valence-electron chi connectivity index (χ3n) is 2.03. The summed E-state index contributed by atoms with van der Waals surface area (Å²) < 4.78 is 31.2. The molecule has 0 saturated carbocycles. The van der Waals surface area contributed by atoms with Crippen LogP contribution in [0, 0.1) is 11.6 Å². The van der Waals surface area contributed by atoms with Gasteiger partial charge in [0.2, 0.25) is 0 Å². The highest BCUT2D eigenvalue weighted by atomic mass is 19.1. The number of methoxy groups -OCH3 is 1. The SMILES string of the molecule is COc1cc(F)c(NCCC(C)=O)cc1F. The van der Waals surface area contributed by atoms with E-state index in [-0.39, 0.29) is 30.2 Å². The number of ether oxygens (including phenoxy) is 1. The maximum Gasteiger partial charge on any atom is 0.167 e. The first kappa shape index (κ1) is 12.4. The van der Waals surface area contributed by atoms with Crippen LogP contribution in [0.5, 0.6) is 5.75 Å². The van der Waals surface area contributed by atoms with Gasteiger partial charge in [0, 0.05) is 25.1 Å². The van der Waals surface area contributed by atoms with E-state index in [1.807, 2.05) is 0 Å². The highest BCUT2D eigenvalue weighted by molar-refractivity contribution is 5.76. The van der Waals surface area contributed by atoms with E-state index in [0.717, 1.165) is 12.1 Å². The standard InChI is InChI=1S/C11H13F2NO2/c1-7(15)3-4-14-10-5-9(13)11(16-2)6-8(10)12/h5-6,14H,3-4H2,1-2H3. The first-order chi connectivity index (χ1) is 7.54. The van der Waals surface area contributed by atoms with Gasteiger partial charge in [0.05, 0.1) is 12.8 Å². The number of benzene rings is 1. The molecule has 88 valence electrons. The van der Waals surface area contributed by atoms with Crippen molar-refractivity contribution in [3.8, 4) is 5.75 Å². The average molecular weight is 229 g/mol. The second-order valence-corrected chi connectivity index (χ2v) is 3.35. The van der Waals surface area contributed by atoms with Gasteiger partial charge in [0.15, 0.2) is 11.6 Å². The summed E-state index contributed by atoms with van der Waals surface area (Å²) >= 11 is 0. The van der Waals surface area contributed by atoms with E-state index >= 15 is 0 Å². The van der Waals surface area contributed by atoms with E-state index in [1.54, 1.807) is 0 Å². The number of carbonyl (C=O) groups excluding carboxylic acids is 1. The Morgan fingerprint density at radius 2 is 2.06 bits per heavy atom. The molecule has 1 rings (SSSR count). The number of carbonyl (C=O) groups is 1. The lowest BCUT2D eigenvalue weighted by Crippen LogP contribution is -2.07. The molecule has 0 heterocycles. The second-order valence-electron chi connectivity index (χ2n) is 3.35. The van der Waals surface area contributed by atoms with Crippen molar-refractivity contribution < 1.29 is 18.3 Å². The van der Waals surface area contributed by atoms with Crippen LogP contribution in [0.1, 0.15) is 13.3 Å². The third-order valence-corrected chi connectivity index (χ3v) is 2.03. The van der Waals surface area contributed by atoms with Crippen molar-refractivity contribution in [3.05, 3.63) is 23.8 Å². The summed E-state index contributed by atoms with van der Waals surface area (Å²) in [6.45, 7) is 1.71. The monoisotopic (exact) mass is 229 g/mol. The molecule has 3 nitrogen and oxygen atoms in total. The smallest absolute Gasteiger partial charge is 0.167 e. The van der Waals surface area contributed by atoms with Crippen LogP contribution in [0.3, 0.4) is 0 Å². The third kappa shape index (κ3) is 3.18. The molecule has 1 aromatic rings. The zero-order valence-electron chi connectivity index (χ0n) is 9.14. The van der Waals surface area contributed by atoms with Crippen molar-refractivity contribution in [3.63, 3.8) is 0 Å². The normalized spacial score (nSPS) is 10.0. The number of halogens is 2. The zero-order chi connectivity index (χ0) is 12.1. The summed E-state index contributed by atoms with van der Waals surface area (Å²) in [7, 11) is 1.26. The minimum Gasteiger partial charge on any atom is -0.494 e. The molecule has 0 saturated heterocycles. The Balaban J connectivity index is 2.73. The predicted octanol–water partition coefficient (Wildman–Crippen LogP) is 2.36. The molecule has 0 aromatic heterocycles. The number of hydrogen-bond donors (Lipinski definition) is 1. The molecule has 0 aliphatic rings. The number of rotatable bonds is 5. The summed E-state index contributed by atoms with van der Waals surface area (Å²) in [5.74, 6) is -1.41. The number of anilines is 1. The summed E-state index contributed by atoms with van der Waals surface area (Å²) in [6, 6.07) is 1.97. The minimum atomic E-state index is -0.644. The molecule has 0 aliphatic carbocycles. The van der Waals surface area contributed by atoms with Gasteiger partial charge in [-0.05, 0) is 6.92 Å². The zero-order valence-corrected chi connectivity index (χ0v) is 9.14. The lowest BCUT2D eigenvalue weighted by molar-refractivity contribution is -0.116. The van der Waals surface area contributed by atoms with Crippen LogP contribution in [-0.2, 0) is 4.79 Å². The lowest BCUT2D eigenvalue weighted by atomic mass is 10.2. The first-order valence-electron chi connectivity index (χ1n) is 4.81. The fourth-order valence-electron chi connectivity index (χ4n) is 1.19. The van der Waals surface area contributed by atoms with E-state index < -0.39 is 11.6 Å². The fraction of sp³-hybridized carbons (Fsp3) is 0.364. The summed E-state index contributed by atoms with van der Waals surface area (Å²) in [6.07, 6.45) is 0.271. The van der Waals surface area contributed by atoms with E-state index in [1.165, 1.54) is 14.0 Å². The summed E-state index contributed by atoms with van der Waals surface area (Å²) in [5, 5.41) is 2.65. The lowest BCUT2D eigenvalue weighted by Gasteiger charge is -2.08. The van der Waals surface area contributed by atoms with Gasteiger partial charge in [0.25, 0.3) is 0 Å². The first-order valence-corrected chi connectivity index (χ1v) is 4.81. The van der Waals surface area contributed by atoms with E-state index in [0.29, 0.717) is 0 Å². The maximum absolute atomic E-state index is 13.3. The highest BCUT2D eigenvalue weighted by Gasteiger charge is 2.09. The topological polar surface area (TPSA) is 38.3 Å². The highest BCUT2D eigenvalue weighted by Crippen LogP contribution is 2.24. The van der Waals surface area contributed by atoms with Gasteiger partial charge in [-0.15, -0.1) is 0 Å². The van der Waals surface area contributed by atoms with Crippen LogP contribution >= 0.6 is 0 Å². The molecule has 0 radical (unpaired) electrons. The number of hydrogen-bond acceptors (Lipinski definition) is 3. The molecular formula is C11H13F2NO2. The van der Waals surface area contributed by atoms with Gasteiger partial charge >= 0.3 is 0 Å². The molecule has 1 N–H and O–H groups in total. The fourth-order valence-corrected chi connectivity index (χ4v) is 1.19. The second kappa shape index (κ2) is 5.44. The summed E-state index contributed by atoms with van der Waals surface area (Å²) in [4.78, 5) is 10.7. The van der Waals surface area contributed by atoms with Gasteiger partial charge in [-0.2, -0.15) is 0 Å². The Bertz CT molecular complexity index is 394. The molecule has 0 bridgehead atoms. The van der Waals surface area contributed by atoms with Crippen LogP contribution in [0.15, 0.2) is 12.1 Å². The molecule has 0 unspecified atom stereocenters. The Kier molecular flexibility index (Phi) is 4.22. The maximum atomic E-state index is 13.3. The van der Waals surface area contributed by atoms with Gasteiger partial charge in [0.1, 0.15) is 11.6 Å². The van der Waals surface area contributed by atoms with Crippen molar-refractivity contribution in [2.45, 2.75) is 13.3 Å². The number of Topliss-reactive ketones (excluding diaryl/α,β-unsaturated/α-hetero) is 1. The minimum absolute atomic E-state index is 0.0121. The predicted molar refractivity (Wildman–Crippen MR) is 56.7 cm³/mol. The molecule has 0 amide bonds. The van der Waals surface area contributed by atoms with Gasteiger partial charge in [-0.25, -0.2) is 8.78 Å². The molecule has 5 heteroatoms.